The number of hydrogen-bond acceptors (Lipinski definition) is 1. The average Bonchev–Trinajstić information content (AvgIpc) is 2.38. The number of alkyl halides is 1. The van der Waals surface area contributed by atoms with Crippen molar-refractivity contribution in [2.75, 3.05) is 11.2 Å². The highest BCUT2D eigenvalue weighted by Gasteiger charge is 2.16. The predicted molar refractivity (Wildman–Crippen MR) is 78.7 cm³/mol. The van der Waals surface area contributed by atoms with E-state index in [0.29, 0.717) is 10.9 Å². The number of carbonyl (C=O) groups excluding carboxylic acids is 1. The number of hydrogen-bond donors (Lipinski definition) is 1. The van der Waals surface area contributed by atoms with Crippen LogP contribution in [0.3, 0.4) is 0 Å². The van der Waals surface area contributed by atoms with Crippen LogP contribution < -0.4 is 5.32 Å². The first-order valence-electron chi connectivity index (χ1n) is 6.22. The number of halogens is 2. The predicted octanol–water partition coefficient (Wildman–Crippen LogP) is 4.28. The van der Waals surface area contributed by atoms with Crippen LogP contribution in [0.25, 0.3) is 0 Å². The number of nitrogens with one attached hydrogen (secondary N) is 1. The van der Waals surface area contributed by atoms with Crippen LogP contribution in [0.1, 0.15) is 31.9 Å². The standard InChI is InChI=1S/C14H19Cl2NO/c1-4-10-6-7-12(16)11(5-2)13(10)17-14(18)9(3)8-15/h6-7,9H,4-5,8H2,1-3H3,(H,17,18). The first-order valence-corrected chi connectivity index (χ1v) is 7.13. The third kappa shape index (κ3) is 3.39. The molecule has 1 aromatic carbocycles. The molecule has 1 amide bonds. The van der Waals surface area contributed by atoms with Crippen molar-refractivity contribution in [3.63, 3.8) is 0 Å². The molecule has 0 bridgehead atoms. The fraction of sp³-hybridized carbons (Fsp3) is 0.500. The Kier molecular flexibility index (Phi) is 5.97. The zero-order valence-electron chi connectivity index (χ0n) is 11.0. The summed E-state index contributed by atoms with van der Waals surface area (Å²) < 4.78 is 0. The molecule has 2 nitrogen and oxygen atoms in total. The van der Waals surface area contributed by atoms with Gasteiger partial charge in [0.15, 0.2) is 0 Å². The molecule has 18 heavy (non-hydrogen) atoms. The lowest BCUT2D eigenvalue weighted by atomic mass is 10.0. The van der Waals surface area contributed by atoms with Crippen molar-refractivity contribution < 1.29 is 4.79 Å². The second kappa shape index (κ2) is 7.01. The fourth-order valence-corrected chi connectivity index (χ4v) is 2.21. The molecular weight excluding hydrogens is 269 g/mol. The highest BCUT2D eigenvalue weighted by molar-refractivity contribution is 6.32. The van der Waals surface area contributed by atoms with E-state index in [-0.39, 0.29) is 11.8 Å². The molecule has 0 saturated heterocycles. The van der Waals surface area contributed by atoms with Gasteiger partial charge in [0.2, 0.25) is 5.91 Å². The van der Waals surface area contributed by atoms with Gasteiger partial charge in [0.05, 0.1) is 0 Å². The molecule has 0 aliphatic rings. The van der Waals surface area contributed by atoms with Gasteiger partial charge in [-0.3, -0.25) is 4.79 Å². The minimum atomic E-state index is -0.208. The Hall–Kier alpha value is -0.730. The van der Waals surface area contributed by atoms with Crippen LogP contribution in [0, 0.1) is 5.92 Å². The molecule has 1 rings (SSSR count). The summed E-state index contributed by atoms with van der Waals surface area (Å²) in [6.45, 7) is 5.90. The van der Waals surface area contributed by atoms with Gasteiger partial charge in [-0.15, -0.1) is 11.6 Å². The Morgan fingerprint density at radius 1 is 1.33 bits per heavy atom. The molecule has 0 aliphatic heterocycles. The summed E-state index contributed by atoms with van der Waals surface area (Å²) in [5.41, 5.74) is 2.95. The molecular formula is C14H19Cl2NO. The second-order valence-corrected chi connectivity index (χ2v) is 5.03. The Labute approximate surface area is 119 Å². The SMILES string of the molecule is CCc1ccc(Cl)c(CC)c1NC(=O)C(C)CCl. The van der Waals surface area contributed by atoms with Crippen molar-refractivity contribution in [3.8, 4) is 0 Å². The van der Waals surface area contributed by atoms with E-state index in [2.05, 4.69) is 12.2 Å². The maximum absolute atomic E-state index is 12.0. The second-order valence-electron chi connectivity index (χ2n) is 4.31. The number of rotatable bonds is 5. The maximum atomic E-state index is 12.0. The number of benzene rings is 1. The number of aryl methyl sites for hydroxylation is 1. The first-order chi connectivity index (χ1) is 8.54. The normalized spacial score (nSPS) is 12.3. The van der Waals surface area contributed by atoms with Gasteiger partial charge < -0.3 is 5.32 Å². The van der Waals surface area contributed by atoms with Gasteiger partial charge in [-0.25, -0.2) is 0 Å². The third-order valence-corrected chi connectivity index (χ3v) is 3.82. The summed E-state index contributed by atoms with van der Waals surface area (Å²) in [7, 11) is 0. The van der Waals surface area contributed by atoms with Crippen LogP contribution >= 0.6 is 23.2 Å². The van der Waals surface area contributed by atoms with E-state index in [9.17, 15) is 4.79 Å². The quantitative estimate of drug-likeness (QED) is 0.805. The molecule has 0 heterocycles. The van der Waals surface area contributed by atoms with Crippen LogP contribution in [0.15, 0.2) is 12.1 Å². The van der Waals surface area contributed by atoms with E-state index in [0.717, 1.165) is 29.7 Å². The molecule has 0 radical (unpaired) electrons. The molecule has 0 spiro atoms. The lowest BCUT2D eigenvalue weighted by Gasteiger charge is -2.17. The zero-order valence-corrected chi connectivity index (χ0v) is 12.5. The van der Waals surface area contributed by atoms with Gasteiger partial charge in [-0.2, -0.15) is 0 Å². The highest BCUT2D eigenvalue weighted by Crippen LogP contribution is 2.29. The molecule has 1 unspecified atom stereocenters. The van der Waals surface area contributed by atoms with Crippen molar-refractivity contribution >= 4 is 34.8 Å². The van der Waals surface area contributed by atoms with Gasteiger partial charge in [-0.05, 0) is 30.0 Å². The van der Waals surface area contributed by atoms with Crippen molar-refractivity contribution in [2.45, 2.75) is 33.6 Å². The van der Waals surface area contributed by atoms with E-state index >= 15 is 0 Å². The van der Waals surface area contributed by atoms with E-state index in [4.69, 9.17) is 23.2 Å². The minimum Gasteiger partial charge on any atom is -0.325 e. The van der Waals surface area contributed by atoms with Crippen molar-refractivity contribution in [1.29, 1.82) is 0 Å². The Morgan fingerprint density at radius 2 is 2.00 bits per heavy atom. The summed E-state index contributed by atoms with van der Waals surface area (Å²) in [5, 5.41) is 3.66. The largest absolute Gasteiger partial charge is 0.325 e. The Bertz CT molecular complexity index is 432. The molecule has 100 valence electrons. The Morgan fingerprint density at radius 3 is 2.50 bits per heavy atom. The van der Waals surface area contributed by atoms with Crippen LogP contribution in [0.2, 0.25) is 5.02 Å². The third-order valence-electron chi connectivity index (χ3n) is 3.00. The van der Waals surface area contributed by atoms with E-state index in [1.54, 1.807) is 0 Å². The summed E-state index contributed by atoms with van der Waals surface area (Å²) in [6.07, 6.45) is 1.65. The molecule has 4 heteroatoms. The van der Waals surface area contributed by atoms with Crippen molar-refractivity contribution in [2.24, 2.45) is 5.92 Å². The zero-order chi connectivity index (χ0) is 13.7. The summed E-state index contributed by atoms with van der Waals surface area (Å²) >= 11 is 11.9. The van der Waals surface area contributed by atoms with E-state index < -0.39 is 0 Å². The molecule has 0 aliphatic carbocycles. The van der Waals surface area contributed by atoms with Gasteiger partial charge >= 0.3 is 0 Å². The number of amides is 1. The summed E-state index contributed by atoms with van der Waals surface area (Å²) in [6, 6.07) is 3.85. The minimum absolute atomic E-state index is 0.0586. The topological polar surface area (TPSA) is 29.1 Å². The van der Waals surface area contributed by atoms with E-state index in [1.807, 2.05) is 26.0 Å². The number of carbonyl (C=O) groups is 1. The molecule has 0 fully saturated rings. The van der Waals surface area contributed by atoms with Crippen molar-refractivity contribution in [1.82, 2.24) is 0 Å². The molecule has 1 N–H and O–H groups in total. The summed E-state index contributed by atoms with van der Waals surface area (Å²) in [4.78, 5) is 12.0. The van der Waals surface area contributed by atoms with Gasteiger partial charge in [0, 0.05) is 22.5 Å². The molecule has 0 saturated carbocycles. The molecule has 1 aromatic rings. The molecule has 0 aromatic heterocycles. The highest BCUT2D eigenvalue weighted by atomic mass is 35.5. The van der Waals surface area contributed by atoms with Crippen LogP contribution in [-0.4, -0.2) is 11.8 Å². The smallest absolute Gasteiger partial charge is 0.228 e. The van der Waals surface area contributed by atoms with Crippen LogP contribution in [-0.2, 0) is 17.6 Å². The van der Waals surface area contributed by atoms with Gasteiger partial charge in [0.1, 0.15) is 0 Å². The van der Waals surface area contributed by atoms with E-state index in [1.165, 1.54) is 0 Å². The maximum Gasteiger partial charge on any atom is 0.228 e. The lowest BCUT2D eigenvalue weighted by Crippen LogP contribution is -2.23. The number of anilines is 1. The molecule has 1 atom stereocenters. The van der Waals surface area contributed by atoms with Crippen LogP contribution in [0.4, 0.5) is 5.69 Å². The van der Waals surface area contributed by atoms with Gasteiger partial charge in [0.25, 0.3) is 0 Å². The van der Waals surface area contributed by atoms with Crippen LogP contribution in [0.5, 0.6) is 0 Å². The fourth-order valence-electron chi connectivity index (χ4n) is 1.78. The van der Waals surface area contributed by atoms with Gasteiger partial charge in [-0.1, -0.05) is 38.4 Å². The monoisotopic (exact) mass is 287 g/mol. The summed E-state index contributed by atoms with van der Waals surface area (Å²) in [5.74, 6) is 0.0479. The Balaban J connectivity index is 3.12. The van der Waals surface area contributed by atoms with Crippen molar-refractivity contribution in [3.05, 3.63) is 28.3 Å². The average molecular weight is 288 g/mol. The first kappa shape index (κ1) is 15.3. The lowest BCUT2D eigenvalue weighted by molar-refractivity contribution is -0.118.